The molecule has 0 aliphatic carbocycles. The zero-order chi connectivity index (χ0) is 14.5. The van der Waals surface area contributed by atoms with Crippen molar-refractivity contribution in [3.63, 3.8) is 0 Å². The smallest absolute Gasteiger partial charge is 0.131 e. The minimum absolute atomic E-state index is 0.0792. The molecular weight excluding hydrogens is 238 g/mol. The fourth-order valence-corrected chi connectivity index (χ4v) is 1.47. The van der Waals surface area contributed by atoms with E-state index in [-0.39, 0.29) is 5.54 Å². The number of rotatable bonds is 7. The fraction of sp³-hybridized carbons (Fsp3) is 0.714. The van der Waals surface area contributed by atoms with Gasteiger partial charge in [-0.3, -0.25) is 0 Å². The molecule has 0 aliphatic heterocycles. The predicted molar refractivity (Wildman–Crippen MR) is 81.8 cm³/mol. The SMILES string of the molecule is CCCNc1cc(NCC(C)(C)N(C)C)nc(C)n1. The summed E-state index contributed by atoms with van der Waals surface area (Å²) in [5.74, 6) is 2.55. The standard InChI is InChI=1S/C14H27N5/c1-7-8-15-12-9-13(18-11(2)17-12)16-10-14(3,4)19(5)6/h9H,7-8,10H2,1-6H3,(H2,15,16,17,18). The maximum Gasteiger partial charge on any atom is 0.131 e. The van der Waals surface area contributed by atoms with Crippen molar-refractivity contribution in [2.75, 3.05) is 37.8 Å². The summed E-state index contributed by atoms with van der Waals surface area (Å²) in [6, 6.07) is 1.97. The van der Waals surface area contributed by atoms with Crippen molar-refractivity contribution >= 4 is 11.6 Å². The normalized spacial score (nSPS) is 11.7. The number of likely N-dealkylation sites (N-methyl/N-ethyl adjacent to an activating group) is 1. The number of nitrogens with one attached hydrogen (secondary N) is 2. The number of aryl methyl sites for hydroxylation is 1. The van der Waals surface area contributed by atoms with Crippen molar-refractivity contribution in [1.29, 1.82) is 0 Å². The third-order valence-electron chi connectivity index (χ3n) is 3.31. The first-order valence-corrected chi connectivity index (χ1v) is 6.86. The second-order valence-electron chi connectivity index (χ2n) is 5.67. The lowest BCUT2D eigenvalue weighted by Crippen LogP contribution is -2.44. The Kier molecular flexibility index (Phi) is 5.54. The zero-order valence-electron chi connectivity index (χ0n) is 13.0. The quantitative estimate of drug-likeness (QED) is 0.792. The first kappa shape index (κ1) is 15.7. The van der Waals surface area contributed by atoms with E-state index in [1.165, 1.54) is 0 Å². The van der Waals surface area contributed by atoms with E-state index in [4.69, 9.17) is 0 Å². The lowest BCUT2D eigenvalue weighted by Gasteiger charge is -2.32. The third kappa shape index (κ3) is 5.03. The van der Waals surface area contributed by atoms with Crippen LogP contribution in [0.5, 0.6) is 0 Å². The second-order valence-corrected chi connectivity index (χ2v) is 5.67. The van der Waals surface area contributed by atoms with Crippen molar-refractivity contribution in [2.45, 2.75) is 39.7 Å². The summed E-state index contributed by atoms with van der Waals surface area (Å²) in [5.41, 5.74) is 0.0792. The summed E-state index contributed by atoms with van der Waals surface area (Å²) in [6.07, 6.45) is 1.08. The highest BCUT2D eigenvalue weighted by molar-refractivity contribution is 5.47. The minimum Gasteiger partial charge on any atom is -0.370 e. The van der Waals surface area contributed by atoms with Crippen molar-refractivity contribution in [3.8, 4) is 0 Å². The summed E-state index contributed by atoms with van der Waals surface area (Å²) >= 11 is 0. The molecule has 0 saturated heterocycles. The molecule has 1 rings (SSSR count). The van der Waals surface area contributed by atoms with E-state index >= 15 is 0 Å². The van der Waals surface area contributed by atoms with Crippen molar-refractivity contribution in [1.82, 2.24) is 14.9 Å². The number of hydrogen-bond donors (Lipinski definition) is 2. The fourth-order valence-electron chi connectivity index (χ4n) is 1.47. The molecule has 0 bridgehead atoms. The summed E-state index contributed by atoms with van der Waals surface area (Å²) in [4.78, 5) is 11.0. The van der Waals surface area contributed by atoms with Gasteiger partial charge in [0.15, 0.2) is 0 Å². The average Bonchev–Trinajstić information content (AvgIpc) is 2.33. The molecule has 0 atom stereocenters. The molecule has 108 valence electrons. The Hall–Kier alpha value is -1.36. The maximum atomic E-state index is 4.42. The van der Waals surface area contributed by atoms with Crippen molar-refractivity contribution in [3.05, 3.63) is 11.9 Å². The van der Waals surface area contributed by atoms with Gasteiger partial charge in [-0.15, -0.1) is 0 Å². The average molecular weight is 265 g/mol. The van der Waals surface area contributed by atoms with Crippen LogP contribution in [0.25, 0.3) is 0 Å². The molecule has 0 aromatic carbocycles. The highest BCUT2D eigenvalue weighted by Crippen LogP contribution is 2.14. The van der Waals surface area contributed by atoms with Gasteiger partial charge in [0.2, 0.25) is 0 Å². The zero-order valence-corrected chi connectivity index (χ0v) is 13.0. The van der Waals surface area contributed by atoms with Crippen LogP contribution >= 0.6 is 0 Å². The van der Waals surface area contributed by atoms with E-state index in [1.54, 1.807) is 0 Å². The van der Waals surface area contributed by atoms with Crippen LogP contribution in [-0.4, -0.2) is 47.6 Å². The van der Waals surface area contributed by atoms with Gasteiger partial charge in [-0.1, -0.05) is 6.92 Å². The van der Waals surface area contributed by atoms with E-state index in [1.807, 2.05) is 13.0 Å². The Morgan fingerprint density at radius 2 is 1.74 bits per heavy atom. The third-order valence-corrected chi connectivity index (χ3v) is 3.31. The highest BCUT2D eigenvalue weighted by atomic mass is 15.2. The topological polar surface area (TPSA) is 53.1 Å². The number of anilines is 2. The molecule has 2 N–H and O–H groups in total. The van der Waals surface area contributed by atoms with Gasteiger partial charge in [0.25, 0.3) is 0 Å². The van der Waals surface area contributed by atoms with Gasteiger partial charge < -0.3 is 15.5 Å². The summed E-state index contributed by atoms with van der Waals surface area (Å²) in [6.45, 7) is 10.2. The molecule has 0 saturated carbocycles. The molecule has 5 nitrogen and oxygen atoms in total. The van der Waals surface area contributed by atoms with E-state index in [9.17, 15) is 0 Å². The molecule has 0 aliphatic rings. The Labute approximate surface area is 116 Å². The van der Waals surface area contributed by atoms with E-state index in [0.717, 1.165) is 37.0 Å². The molecular formula is C14H27N5. The lowest BCUT2D eigenvalue weighted by atomic mass is 10.0. The van der Waals surface area contributed by atoms with Crippen LogP contribution in [0.1, 0.15) is 33.0 Å². The molecule has 0 radical (unpaired) electrons. The van der Waals surface area contributed by atoms with Gasteiger partial charge >= 0.3 is 0 Å². The van der Waals surface area contributed by atoms with E-state index in [0.29, 0.717) is 0 Å². The van der Waals surface area contributed by atoms with E-state index < -0.39 is 0 Å². The maximum absolute atomic E-state index is 4.42. The number of nitrogens with zero attached hydrogens (tertiary/aromatic N) is 3. The Bertz CT molecular complexity index is 401. The van der Waals surface area contributed by atoms with Crippen LogP contribution in [0.15, 0.2) is 6.07 Å². The van der Waals surface area contributed by atoms with Crippen molar-refractivity contribution < 1.29 is 0 Å². The van der Waals surface area contributed by atoms with E-state index in [2.05, 4.69) is 60.4 Å². The summed E-state index contributed by atoms with van der Waals surface area (Å²) in [5, 5.41) is 6.69. The van der Waals surface area contributed by atoms with Gasteiger partial charge in [0.1, 0.15) is 17.5 Å². The first-order chi connectivity index (χ1) is 8.85. The summed E-state index contributed by atoms with van der Waals surface area (Å²) in [7, 11) is 4.17. The Morgan fingerprint density at radius 1 is 1.16 bits per heavy atom. The second kappa shape index (κ2) is 6.70. The molecule has 1 aromatic rings. The Balaban J connectivity index is 2.70. The lowest BCUT2D eigenvalue weighted by molar-refractivity contribution is 0.210. The first-order valence-electron chi connectivity index (χ1n) is 6.86. The Morgan fingerprint density at radius 3 is 2.26 bits per heavy atom. The van der Waals surface area contributed by atoms with Crippen LogP contribution in [0.3, 0.4) is 0 Å². The van der Waals surface area contributed by atoms with Gasteiger partial charge in [0.05, 0.1) is 0 Å². The van der Waals surface area contributed by atoms with Gasteiger partial charge in [0, 0.05) is 24.7 Å². The molecule has 0 spiro atoms. The monoisotopic (exact) mass is 265 g/mol. The number of aromatic nitrogens is 2. The summed E-state index contributed by atoms with van der Waals surface area (Å²) < 4.78 is 0. The predicted octanol–water partition coefficient (Wildman–Crippen LogP) is 2.36. The van der Waals surface area contributed by atoms with Crippen LogP contribution < -0.4 is 10.6 Å². The molecule has 0 amide bonds. The van der Waals surface area contributed by atoms with Gasteiger partial charge in [-0.2, -0.15) is 0 Å². The van der Waals surface area contributed by atoms with Gasteiger partial charge in [-0.25, -0.2) is 9.97 Å². The van der Waals surface area contributed by atoms with Crippen LogP contribution in [0.4, 0.5) is 11.6 Å². The van der Waals surface area contributed by atoms with Gasteiger partial charge in [-0.05, 0) is 41.3 Å². The molecule has 5 heteroatoms. The molecule has 19 heavy (non-hydrogen) atoms. The largest absolute Gasteiger partial charge is 0.370 e. The highest BCUT2D eigenvalue weighted by Gasteiger charge is 2.20. The molecule has 1 heterocycles. The molecule has 1 aromatic heterocycles. The molecule has 0 fully saturated rings. The number of hydrogen-bond acceptors (Lipinski definition) is 5. The van der Waals surface area contributed by atoms with Crippen molar-refractivity contribution in [2.24, 2.45) is 0 Å². The van der Waals surface area contributed by atoms with Crippen LogP contribution in [0.2, 0.25) is 0 Å². The van der Waals surface area contributed by atoms with Crippen LogP contribution in [0, 0.1) is 6.92 Å². The molecule has 0 unspecified atom stereocenters. The minimum atomic E-state index is 0.0792. The van der Waals surface area contributed by atoms with Crippen LogP contribution in [-0.2, 0) is 0 Å².